The number of carbonyl (C=O) groups is 1. The zero-order chi connectivity index (χ0) is 13.5. The summed E-state index contributed by atoms with van der Waals surface area (Å²) in [6.07, 6.45) is 0.970. The second kappa shape index (κ2) is 7.11. The van der Waals surface area contributed by atoms with Crippen LogP contribution in [0.5, 0.6) is 0 Å². The van der Waals surface area contributed by atoms with Crippen molar-refractivity contribution in [3.8, 4) is 0 Å². The summed E-state index contributed by atoms with van der Waals surface area (Å²) in [6.45, 7) is 4.18. The Bertz CT molecular complexity index is 376. The second-order valence-electron chi connectivity index (χ2n) is 4.53. The van der Waals surface area contributed by atoms with E-state index in [0.717, 1.165) is 5.56 Å². The fraction of sp³-hybridized carbons (Fsp3) is 0.500. The molecule has 0 radical (unpaired) electrons. The van der Waals surface area contributed by atoms with Crippen LogP contribution in [-0.4, -0.2) is 35.1 Å². The van der Waals surface area contributed by atoms with E-state index in [4.69, 9.17) is 5.11 Å². The van der Waals surface area contributed by atoms with E-state index in [1.54, 1.807) is 17.0 Å². The first-order valence-corrected chi connectivity index (χ1v) is 6.19. The maximum Gasteiger partial charge on any atom is 0.223 e. The van der Waals surface area contributed by atoms with Crippen LogP contribution in [0.15, 0.2) is 24.3 Å². The number of amides is 1. The Hall–Kier alpha value is -1.42. The Morgan fingerprint density at radius 2 is 1.94 bits per heavy atom. The molecule has 0 fully saturated rings. The SMILES string of the molecule is CC(C)N(CCO)C(=O)CCc1ccc(F)cc1. The lowest BCUT2D eigenvalue weighted by Gasteiger charge is -2.26. The number of benzene rings is 1. The molecule has 18 heavy (non-hydrogen) atoms. The van der Waals surface area contributed by atoms with Crippen molar-refractivity contribution in [2.75, 3.05) is 13.2 Å². The van der Waals surface area contributed by atoms with E-state index in [1.807, 2.05) is 13.8 Å². The fourth-order valence-electron chi connectivity index (χ4n) is 1.82. The molecule has 1 N–H and O–H groups in total. The van der Waals surface area contributed by atoms with Crippen molar-refractivity contribution in [3.05, 3.63) is 35.6 Å². The quantitative estimate of drug-likeness (QED) is 0.842. The van der Waals surface area contributed by atoms with Gasteiger partial charge in [-0.25, -0.2) is 4.39 Å². The predicted octanol–water partition coefficient (Wildman–Crippen LogP) is 1.99. The third-order valence-electron chi connectivity index (χ3n) is 2.83. The van der Waals surface area contributed by atoms with Crippen LogP contribution in [0.2, 0.25) is 0 Å². The number of nitrogens with zero attached hydrogens (tertiary/aromatic N) is 1. The van der Waals surface area contributed by atoms with Crippen LogP contribution in [0.25, 0.3) is 0 Å². The molecule has 100 valence electrons. The number of aryl methyl sites for hydroxylation is 1. The van der Waals surface area contributed by atoms with E-state index in [9.17, 15) is 9.18 Å². The average Bonchev–Trinajstić information content (AvgIpc) is 2.34. The number of rotatable bonds is 6. The van der Waals surface area contributed by atoms with Crippen LogP contribution >= 0.6 is 0 Å². The molecule has 0 aliphatic rings. The molecule has 0 aliphatic heterocycles. The lowest BCUT2D eigenvalue weighted by molar-refractivity contribution is -0.133. The number of hydrogen-bond acceptors (Lipinski definition) is 2. The lowest BCUT2D eigenvalue weighted by atomic mass is 10.1. The molecule has 0 atom stereocenters. The van der Waals surface area contributed by atoms with Crippen LogP contribution < -0.4 is 0 Å². The molecule has 0 saturated carbocycles. The van der Waals surface area contributed by atoms with Gasteiger partial charge in [0.15, 0.2) is 0 Å². The van der Waals surface area contributed by atoms with Crippen molar-refractivity contribution in [2.45, 2.75) is 32.7 Å². The van der Waals surface area contributed by atoms with Crippen molar-refractivity contribution >= 4 is 5.91 Å². The molecular weight excluding hydrogens is 233 g/mol. The maximum absolute atomic E-state index is 12.7. The summed E-state index contributed by atoms with van der Waals surface area (Å²) in [5.74, 6) is -0.252. The Morgan fingerprint density at radius 1 is 1.33 bits per heavy atom. The molecule has 1 aromatic carbocycles. The van der Waals surface area contributed by atoms with Gasteiger partial charge in [-0.05, 0) is 38.0 Å². The molecule has 3 nitrogen and oxygen atoms in total. The molecule has 1 amide bonds. The summed E-state index contributed by atoms with van der Waals surface area (Å²) < 4.78 is 12.7. The van der Waals surface area contributed by atoms with Gasteiger partial charge in [-0.2, -0.15) is 0 Å². The van der Waals surface area contributed by atoms with Gasteiger partial charge in [0.2, 0.25) is 5.91 Å². The second-order valence-corrected chi connectivity index (χ2v) is 4.53. The van der Waals surface area contributed by atoms with Crippen molar-refractivity contribution < 1.29 is 14.3 Å². The van der Waals surface area contributed by atoms with E-state index < -0.39 is 0 Å². The smallest absolute Gasteiger partial charge is 0.223 e. The van der Waals surface area contributed by atoms with E-state index in [-0.39, 0.29) is 24.4 Å². The first kappa shape index (κ1) is 14.6. The minimum Gasteiger partial charge on any atom is -0.395 e. The standard InChI is InChI=1S/C14H20FNO2/c1-11(2)16(9-10-17)14(18)8-5-12-3-6-13(15)7-4-12/h3-4,6-7,11,17H,5,8-10H2,1-2H3. The van der Waals surface area contributed by atoms with Gasteiger partial charge >= 0.3 is 0 Å². The summed E-state index contributed by atoms with van der Waals surface area (Å²) in [7, 11) is 0. The first-order chi connectivity index (χ1) is 8.54. The Morgan fingerprint density at radius 3 is 2.44 bits per heavy atom. The van der Waals surface area contributed by atoms with E-state index in [0.29, 0.717) is 19.4 Å². The van der Waals surface area contributed by atoms with Gasteiger partial charge in [-0.1, -0.05) is 12.1 Å². The van der Waals surface area contributed by atoms with Crippen molar-refractivity contribution in [1.82, 2.24) is 4.90 Å². The van der Waals surface area contributed by atoms with Gasteiger partial charge in [0.25, 0.3) is 0 Å². The van der Waals surface area contributed by atoms with Gasteiger partial charge in [0, 0.05) is 19.0 Å². The molecule has 1 rings (SSSR count). The third-order valence-corrected chi connectivity index (χ3v) is 2.83. The van der Waals surface area contributed by atoms with Gasteiger partial charge in [0.1, 0.15) is 5.82 Å². The Balaban J connectivity index is 2.51. The van der Waals surface area contributed by atoms with Crippen LogP contribution in [0.1, 0.15) is 25.8 Å². The van der Waals surface area contributed by atoms with Gasteiger partial charge in [-0.15, -0.1) is 0 Å². The number of carbonyl (C=O) groups excluding carboxylic acids is 1. The van der Waals surface area contributed by atoms with E-state index in [2.05, 4.69) is 0 Å². The Labute approximate surface area is 107 Å². The largest absolute Gasteiger partial charge is 0.395 e. The summed E-state index contributed by atoms with van der Waals surface area (Å²) in [6, 6.07) is 6.25. The number of halogens is 1. The van der Waals surface area contributed by atoms with Crippen molar-refractivity contribution in [1.29, 1.82) is 0 Å². The maximum atomic E-state index is 12.7. The highest BCUT2D eigenvalue weighted by Gasteiger charge is 2.15. The minimum absolute atomic E-state index is 0.0170. The summed E-state index contributed by atoms with van der Waals surface area (Å²) in [5.41, 5.74) is 0.942. The zero-order valence-corrected chi connectivity index (χ0v) is 10.9. The normalized spacial score (nSPS) is 10.7. The monoisotopic (exact) mass is 253 g/mol. The third kappa shape index (κ3) is 4.45. The molecule has 0 unspecified atom stereocenters. The molecule has 0 saturated heterocycles. The van der Waals surface area contributed by atoms with Crippen molar-refractivity contribution in [3.63, 3.8) is 0 Å². The van der Waals surface area contributed by atoms with Crippen LogP contribution in [0.4, 0.5) is 4.39 Å². The highest BCUT2D eigenvalue weighted by atomic mass is 19.1. The van der Waals surface area contributed by atoms with Crippen LogP contribution in [0, 0.1) is 5.82 Å². The molecule has 0 aliphatic carbocycles. The number of hydrogen-bond donors (Lipinski definition) is 1. The Kier molecular flexibility index (Phi) is 5.78. The molecule has 0 heterocycles. The van der Waals surface area contributed by atoms with Crippen molar-refractivity contribution in [2.24, 2.45) is 0 Å². The lowest BCUT2D eigenvalue weighted by Crippen LogP contribution is -2.39. The highest BCUT2D eigenvalue weighted by molar-refractivity contribution is 5.76. The number of aliphatic hydroxyl groups is 1. The minimum atomic E-state index is -0.269. The first-order valence-electron chi connectivity index (χ1n) is 6.19. The fourth-order valence-corrected chi connectivity index (χ4v) is 1.82. The molecular formula is C14H20FNO2. The molecule has 0 bridgehead atoms. The van der Waals surface area contributed by atoms with Crippen LogP contribution in [0.3, 0.4) is 0 Å². The van der Waals surface area contributed by atoms with E-state index >= 15 is 0 Å². The van der Waals surface area contributed by atoms with Gasteiger partial charge < -0.3 is 10.0 Å². The molecule has 0 aromatic heterocycles. The predicted molar refractivity (Wildman–Crippen MR) is 68.7 cm³/mol. The average molecular weight is 253 g/mol. The van der Waals surface area contributed by atoms with Crippen LogP contribution in [-0.2, 0) is 11.2 Å². The molecule has 4 heteroatoms. The summed E-state index contributed by atoms with van der Waals surface area (Å²) in [5, 5.41) is 8.91. The van der Waals surface area contributed by atoms with Gasteiger partial charge in [-0.3, -0.25) is 4.79 Å². The topological polar surface area (TPSA) is 40.5 Å². The number of aliphatic hydroxyl groups excluding tert-OH is 1. The zero-order valence-electron chi connectivity index (χ0n) is 10.9. The molecule has 1 aromatic rings. The van der Waals surface area contributed by atoms with E-state index in [1.165, 1.54) is 12.1 Å². The molecule has 0 spiro atoms. The highest BCUT2D eigenvalue weighted by Crippen LogP contribution is 2.08. The van der Waals surface area contributed by atoms with Gasteiger partial charge in [0.05, 0.1) is 6.61 Å². The summed E-state index contributed by atoms with van der Waals surface area (Å²) in [4.78, 5) is 13.6. The summed E-state index contributed by atoms with van der Waals surface area (Å²) >= 11 is 0.